The van der Waals surface area contributed by atoms with Crippen LogP contribution in [0.1, 0.15) is 13.8 Å². The van der Waals surface area contributed by atoms with Gasteiger partial charge in [0.1, 0.15) is 0 Å². The number of hydrogen-bond donors (Lipinski definition) is 1. The number of hydrogen-bond acceptors (Lipinski definition) is 2. The summed E-state index contributed by atoms with van der Waals surface area (Å²) in [7, 11) is 0. The van der Waals surface area contributed by atoms with Crippen LogP contribution in [0.25, 0.3) is 0 Å². The molecule has 0 heterocycles. The van der Waals surface area contributed by atoms with Gasteiger partial charge in [-0.25, -0.2) is 0 Å². The summed E-state index contributed by atoms with van der Waals surface area (Å²) in [4.78, 5) is -1.06. The SMILES string of the molecule is CC(C)([O-])S.[Na+]. The third kappa shape index (κ3) is 57.5. The van der Waals surface area contributed by atoms with Crippen LogP contribution in [0.15, 0.2) is 0 Å². The van der Waals surface area contributed by atoms with Crippen molar-refractivity contribution in [3.05, 3.63) is 0 Å². The Morgan fingerprint density at radius 3 is 1.50 bits per heavy atom. The molecule has 0 bridgehead atoms. The van der Waals surface area contributed by atoms with Crippen molar-refractivity contribution in [1.82, 2.24) is 0 Å². The van der Waals surface area contributed by atoms with Crippen molar-refractivity contribution >= 4 is 12.6 Å². The molecule has 1 nitrogen and oxygen atoms in total. The normalized spacial score (nSPS) is 10.0. The minimum absolute atomic E-state index is 0. The zero-order valence-electron chi connectivity index (χ0n) is 4.36. The fourth-order valence-corrected chi connectivity index (χ4v) is 0. The average Bonchev–Trinajstić information content (AvgIpc) is 0.722. The Hall–Kier alpha value is 1.31. The van der Waals surface area contributed by atoms with Gasteiger partial charge in [0.2, 0.25) is 0 Å². The van der Waals surface area contributed by atoms with Crippen LogP contribution in [0.5, 0.6) is 0 Å². The molecule has 32 valence electrons. The summed E-state index contributed by atoms with van der Waals surface area (Å²) in [6, 6.07) is 0. The van der Waals surface area contributed by atoms with Gasteiger partial charge >= 0.3 is 29.6 Å². The van der Waals surface area contributed by atoms with E-state index in [0.29, 0.717) is 0 Å². The van der Waals surface area contributed by atoms with Gasteiger partial charge in [0.15, 0.2) is 0 Å². The molecule has 0 aliphatic rings. The van der Waals surface area contributed by atoms with Gasteiger partial charge in [-0.15, -0.1) is 0 Å². The van der Waals surface area contributed by atoms with Gasteiger partial charge < -0.3 is 5.11 Å². The van der Waals surface area contributed by atoms with Crippen LogP contribution < -0.4 is 34.7 Å². The van der Waals surface area contributed by atoms with Crippen LogP contribution in [0.2, 0.25) is 0 Å². The average molecular weight is 114 g/mol. The Morgan fingerprint density at radius 2 is 1.50 bits per heavy atom. The van der Waals surface area contributed by atoms with E-state index >= 15 is 0 Å². The maximum Gasteiger partial charge on any atom is 1.00 e. The second kappa shape index (κ2) is 3.33. The van der Waals surface area contributed by atoms with E-state index in [-0.39, 0.29) is 29.6 Å². The molecular weight excluding hydrogens is 107 g/mol. The van der Waals surface area contributed by atoms with Gasteiger partial charge in [-0.1, -0.05) is 18.8 Å². The first-order valence-corrected chi connectivity index (χ1v) is 1.87. The summed E-state index contributed by atoms with van der Waals surface area (Å²) >= 11 is 3.57. The molecule has 6 heavy (non-hydrogen) atoms. The van der Waals surface area contributed by atoms with Crippen LogP contribution in [0.4, 0.5) is 0 Å². The first-order chi connectivity index (χ1) is 2.00. The molecule has 0 aromatic heterocycles. The third-order valence-electron chi connectivity index (χ3n) is 0. The van der Waals surface area contributed by atoms with E-state index in [4.69, 9.17) is 0 Å². The molecule has 0 saturated carbocycles. The first kappa shape index (κ1) is 10.3. The van der Waals surface area contributed by atoms with E-state index < -0.39 is 4.93 Å². The second-order valence-corrected chi connectivity index (χ2v) is 2.52. The van der Waals surface area contributed by atoms with Crippen LogP contribution in [0, 0.1) is 0 Å². The molecule has 0 saturated heterocycles. The van der Waals surface area contributed by atoms with Crippen LogP contribution in [-0.2, 0) is 0 Å². The van der Waals surface area contributed by atoms with Crippen molar-refractivity contribution in [2.45, 2.75) is 18.8 Å². The van der Waals surface area contributed by atoms with E-state index in [1.807, 2.05) is 0 Å². The van der Waals surface area contributed by atoms with E-state index in [0.717, 1.165) is 0 Å². The largest absolute Gasteiger partial charge is 1.00 e. The van der Waals surface area contributed by atoms with Gasteiger partial charge in [0.25, 0.3) is 0 Å². The molecule has 0 aliphatic heterocycles. The standard InChI is InChI=1S/C3H7OS.Na/c1-3(2,4)5;/h5H,1-2H3;/q-1;+1. The summed E-state index contributed by atoms with van der Waals surface area (Å²) < 4.78 is 0. The summed E-state index contributed by atoms with van der Waals surface area (Å²) in [5, 5.41) is 9.97. The maximum absolute atomic E-state index is 9.97. The zero-order valence-corrected chi connectivity index (χ0v) is 7.25. The predicted octanol–water partition coefficient (Wildman–Crippen LogP) is -2.98. The minimum Gasteiger partial charge on any atom is -0.842 e. The smallest absolute Gasteiger partial charge is 0.842 e. The van der Waals surface area contributed by atoms with E-state index in [9.17, 15) is 5.11 Å². The van der Waals surface area contributed by atoms with Crippen molar-refractivity contribution in [2.75, 3.05) is 0 Å². The fourth-order valence-electron chi connectivity index (χ4n) is 0. The molecule has 0 spiro atoms. The Bertz CT molecular complexity index is 26.3. The molecule has 0 amide bonds. The second-order valence-electron chi connectivity index (χ2n) is 1.45. The van der Waals surface area contributed by atoms with Crippen molar-refractivity contribution < 1.29 is 34.7 Å². The Balaban J connectivity index is 0. The van der Waals surface area contributed by atoms with Crippen LogP contribution in [0.3, 0.4) is 0 Å². The molecule has 0 fully saturated rings. The van der Waals surface area contributed by atoms with Crippen LogP contribution in [-0.4, -0.2) is 4.93 Å². The Kier molecular flexibility index (Phi) is 5.73. The summed E-state index contributed by atoms with van der Waals surface area (Å²) in [6.45, 7) is 2.99. The molecule has 0 radical (unpaired) electrons. The third-order valence-corrected chi connectivity index (χ3v) is 0. The monoisotopic (exact) mass is 114 g/mol. The number of thiol groups is 1. The zero-order chi connectivity index (χ0) is 4.50. The molecule has 0 N–H and O–H groups in total. The van der Waals surface area contributed by atoms with Crippen LogP contribution >= 0.6 is 12.6 Å². The Labute approximate surface area is 65.8 Å². The molecule has 3 heteroatoms. The molecular formula is C3H7NaOS. The Morgan fingerprint density at radius 1 is 1.50 bits per heavy atom. The van der Waals surface area contributed by atoms with Gasteiger partial charge in [-0.05, 0) is 0 Å². The van der Waals surface area contributed by atoms with Crippen molar-refractivity contribution in [3.8, 4) is 0 Å². The predicted molar refractivity (Wildman–Crippen MR) is 23.1 cm³/mol. The molecule has 0 aromatic carbocycles. The quantitative estimate of drug-likeness (QED) is 0.203. The molecule has 0 aliphatic carbocycles. The molecule has 0 rings (SSSR count). The molecule has 0 unspecified atom stereocenters. The maximum atomic E-state index is 9.97. The summed E-state index contributed by atoms with van der Waals surface area (Å²) in [5.74, 6) is 0. The van der Waals surface area contributed by atoms with Crippen molar-refractivity contribution in [1.29, 1.82) is 0 Å². The summed E-state index contributed by atoms with van der Waals surface area (Å²) in [6.07, 6.45) is 0. The molecule has 0 aromatic rings. The first-order valence-electron chi connectivity index (χ1n) is 1.43. The number of rotatable bonds is 0. The summed E-state index contributed by atoms with van der Waals surface area (Å²) in [5.41, 5.74) is 0. The van der Waals surface area contributed by atoms with Crippen molar-refractivity contribution in [2.24, 2.45) is 0 Å². The van der Waals surface area contributed by atoms with Crippen molar-refractivity contribution in [3.63, 3.8) is 0 Å². The van der Waals surface area contributed by atoms with Gasteiger partial charge in [-0.2, -0.15) is 12.6 Å². The topological polar surface area (TPSA) is 23.1 Å². The van der Waals surface area contributed by atoms with E-state index in [1.54, 1.807) is 0 Å². The van der Waals surface area contributed by atoms with Gasteiger partial charge in [0, 0.05) is 0 Å². The van der Waals surface area contributed by atoms with E-state index in [2.05, 4.69) is 12.6 Å². The molecule has 0 atom stereocenters. The van der Waals surface area contributed by atoms with Gasteiger partial charge in [-0.3, -0.25) is 0 Å². The minimum atomic E-state index is -1.06. The van der Waals surface area contributed by atoms with E-state index in [1.165, 1.54) is 13.8 Å². The fraction of sp³-hybridized carbons (Fsp3) is 1.00. The van der Waals surface area contributed by atoms with Gasteiger partial charge in [0.05, 0.1) is 0 Å².